The molecule has 89 heavy (non-hydrogen) atoms. The Morgan fingerprint density at radius 3 is 1.13 bits per heavy atom. The number of aliphatic carboxylic acids is 5. The Morgan fingerprint density at radius 1 is 0.449 bits per heavy atom. The zero-order chi connectivity index (χ0) is 67.3. The summed E-state index contributed by atoms with van der Waals surface area (Å²) in [5.74, 6) is -20.7. The number of carboxylic acids is 5. The molecule has 8 amide bonds. The molecule has 27 N–H and O–H groups in total. The molecule has 0 bridgehead atoms. The van der Waals surface area contributed by atoms with E-state index in [1.54, 1.807) is 0 Å². The number of nitrogens with zero attached hydrogens (tertiary/aromatic N) is 2. The lowest BCUT2D eigenvalue weighted by Crippen LogP contribution is -2.61. The van der Waals surface area contributed by atoms with Gasteiger partial charge in [0.25, 0.3) is 0 Å². The molecule has 0 spiro atoms. The van der Waals surface area contributed by atoms with Crippen molar-refractivity contribution in [2.45, 2.75) is 119 Å². The van der Waals surface area contributed by atoms with E-state index in [0.29, 0.717) is 0 Å². The van der Waals surface area contributed by atoms with Gasteiger partial charge in [-0.25, -0.2) is 9.36 Å². The van der Waals surface area contributed by atoms with E-state index >= 15 is 0 Å². The van der Waals surface area contributed by atoms with Gasteiger partial charge < -0.3 is 111 Å². The van der Waals surface area contributed by atoms with Crippen LogP contribution in [0.1, 0.15) is 62.5 Å². The third kappa shape index (κ3) is 29.6. The lowest BCUT2D eigenvalue weighted by atomic mass is 10.0. The van der Waals surface area contributed by atoms with Crippen LogP contribution in [0.5, 0.6) is 11.5 Å². The van der Waals surface area contributed by atoms with Crippen LogP contribution in [0.15, 0.2) is 58.5 Å². The summed E-state index contributed by atoms with van der Waals surface area (Å²) in [4.78, 5) is 195. The van der Waals surface area contributed by atoms with E-state index in [-0.39, 0.29) is 60.9 Å². The van der Waals surface area contributed by atoms with Gasteiger partial charge in [-0.05, 0) is 61.1 Å². The Kier molecular flexibility index (Phi) is 30.9. The molecule has 0 aliphatic rings. The molecule has 9 atom stereocenters. The van der Waals surface area contributed by atoms with Crippen LogP contribution in [-0.4, -0.2) is 209 Å². The summed E-state index contributed by atoms with van der Waals surface area (Å²) in [6.07, 6.45) is -6.72. The smallest absolute Gasteiger partial charge is 0.508 e. The van der Waals surface area contributed by atoms with Crippen LogP contribution in [0.2, 0.25) is 0 Å². The molecule has 40 heteroatoms. The molecule has 0 radical (unpaired) electrons. The molecule has 0 unspecified atom stereocenters. The summed E-state index contributed by atoms with van der Waals surface area (Å²) >= 11 is 0. The largest absolute Gasteiger partial charge is 0.524 e. The number of phenols is 1. The Hall–Kier alpha value is -10.2. The minimum atomic E-state index is -5.08. The number of carboxylic acid groups (broad SMARTS) is 5. The lowest BCUT2D eigenvalue weighted by molar-refractivity contribution is -0.144. The van der Waals surface area contributed by atoms with Gasteiger partial charge in [0, 0.05) is 25.9 Å². The number of phosphoric ester groups is 1. The third-order valence-corrected chi connectivity index (χ3v) is 12.4. The van der Waals surface area contributed by atoms with Crippen LogP contribution >= 0.6 is 7.82 Å². The van der Waals surface area contributed by atoms with Crippen LogP contribution in [0.4, 0.5) is 0 Å². The van der Waals surface area contributed by atoms with Crippen molar-refractivity contribution in [3.05, 3.63) is 59.7 Å². The van der Waals surface area contributed by atoms with E-state index in [9.17, 15) is 107 Å². The van der Waals surface area contributed by atoms with Gasteiger partial charge in [0.1, 0.15) is 59.8 Å². The standard InChI is InChI=1S/C49H70N15O24P/c50-26(17-35(67)68)39(75)59-31(18-36(69)70)43(79)61-30(16-23-7-11-25(12-8-23)88-89(85,86)87)42(78)64-34(21-65)46(82)57-27(3-1-13-55-48(51)52)40(76)62-32(19-37(71)72)45(81)63-33(20-38(73)74)44(80)60-29(15-22-5-9-24(66)10-6-22)41(77)58-28(47(83)84)4-2-14-56-49(53)54/h5-12,26-34,65-66H,1-4,13-21,50H2,(H,57,82)(H,58,77)(H,59,75)(H,60,80)(H,61,79)(H,62,76)(H,63,81)(H,64,78)(H,67,68)(H,69,70)(H,71,72)(H,73,74)(H,83,84)(H4,51,52,55)(H4,53,54,56)(H2,85,86,87)/t26-,27-,28-,29-,30-,31-,32-,33-,34-/m0/s1. The molecule has 0 heterocycles. The van der Waals surface area contributed by atoms with E-state index in [1.807, 2.05) is 10.6 Å². The first-order chi connectivity index (χ1) is 41.6. The second-order valence-electron chi connectivity index (χ2n) is 19.2. The number of hydrogen-bond acceptors (Lipinski definition) is 20. The zero-order valence-corrected chi connectivity index (χ0v) is 47.8. The zero-order valence-electron chi connectivity index (χ0n) is 46.9. The molecule has 490 valence electrons. The quantitative estimate of drug-likeness (QED) is 0.0128. The Labute approximate surface area is 503 Å². The maximum absolute atomic E-state index is 14.1. The highest BCUT2D eigenvalue weighted by molar-refractivity contribution is 7.46. The predicted octanol–water partition coefficient (Wildman–Crippen LogP) is -8.06. The second-order valence-corrected chi connectivity index (χ2v) is 20.4. The molecule has 0 saturated carbocycles. The molecule has 0 saturated heterocycles. The summed E-state index contributed by atoms with van der Waals surface area (Å²) in [6.45, 7) is -1.61. The van der Waals surface area contributed by atoms with E-state index < -0.39 is 197 Å². The summed E-state index contributed by atoms with van der Waals surface area (Å²) in [7, 11) is -5.08. The number of rotatable bonds is 40. The molecule has 0 fully saturated rings. The molecule has 0 aromatic heterocycles. The minimum Gasteiger partial charge on any atom is -0.508 e. The molecule has 0 aliphatic heterocycles. The van der Waals surface area contributed by atoms with Crippen molar-refractivity contribution in [1.82, 2.24) is 42.5 Å². The SMILES string of the molecule is NC(N)=NCCC[C@H](NC(=O)[C@H](Cc1ccc(O)cc1)NC(=O)[C@H](CC(=O)O)NC(=O)[C@H](CC(=O)O)NC(=O)[C@H](CCCN=C(N)N)NC(=O)[C@H](CO)NC(=O)[C@H](Cc1ccc(OP(=O)(O)O)cc1)NC(=O)[C@H](CC(=O)O)NC(=O)[C@@H](N)CC(=O)O)C(=O)O. The molecule has 0 aliphatic carbocycles. The van der Waals surface area contributed by atoms with Crippen LogP contribution < -0.4 is 75.7 Å². The minimum absolute atomic E-state index is 0.0366. The first-order valence-corrected chi connectivity index (χ1v) is 27.7. The molecule has 2 aromatic carbocycles. The fourth-order valence-electron chi connectivity index (χ4n) is 7.69. The highest BCUT2D eigenvalue weighted by Crippen LogP contribution is 2.37. The molecular formula is C49H70N15O24P. The number of carbonyl (C=O) groups is 13. The number of hydrogen-bond donors (Lipinski definition) is 22. The van der Waals surface area contributed by atoms with Gasteiger partial charge in [-0.2, -0.15) is 0 Å². The topological polar surface area (TPSA) is 681 Å². The number of nitrogens with two attached hydrogens (primary N) is 5. The van der Waals surface area contributed by atoms with Crippen molar-refractivity contribution in [2.24, 2.45) is 38.7 Å². The number of aliphatic imine (C=N–C) groups is 2. The van der Waals surface area contributed by atoms with E-state index in [0.717, 1.165) is 24.3 Å². The van der Waals surface area contributed by atoms with Gasteiger partial charge in [0.2, 0.25) is 47.3 Å². The number of carbonyl (C=O) groups excluding carboxylic acids is 8. The van der Waals surface area contributed by atoms with Gasteiger partial charge in [-0.15, -0.1) is 0 Å². The first kappa shape index (κ1) is 74.9. The number of phenolic OH excluding ortho intramolecular Hbond substituents is 1. The van der Waals surface area contributed by atoms with Gasteiger partial charge in [0.15, 0.2) is 11.9 Å². The molecule has 2 rings (SSSR count). The van der Waals surface area contributed by atoms with Crippen molar-refractivity contribution in [2.75, 3.05) is 19.7 Å². The number of benzene rings is 2. The molecule has 39 nitrogen and oxygen atoms in total. The Balaban J connectivity index is 2.56. The fraction of sp³-hybridized carbons (Fsp3) is 0.449. The number of guanidine groups is 2. The van der Waals surface area contributed by atoms with Gasteiger partial charge in [-0.3, -0.25) is 77.3 Å². The van der Waals surface area contributed by atoms with E-state index in [1.165, 1.54) is 24.3 Å². The van der Waals surface area contributed by atoms with Crippen LogP contribution in [-0.2, 0) is 79.7 Å². The van der Waals surface area contributed by atoms with Gasteiger partial charge >= 0.3 is 37.7 Å². The van der Waals surface area contributed by atoms with Gasteiger partial charge in [-0.1, -0.05) is 24.3 Å². The van der Waals surface area contributed by atoms with Crippen molar-refractivity contribution < 1.29 is 117 Å². The Morgan fingerprint density at radius 2 is 0.764 bits per heavy atom. The second kappa shape index (κ2) is 36.7. The van der Waals surface area contributed by atoms with Gasteiger partial charge in [0.05, 0.1) is 38.3 Å². The monoisotopic (exact) mass is 1280 g/mol. The summed E-state index contributed by atoms with van der Waals surface area (Å²) in [6, 6.07) is -8.25. The highest BCUT2D eigenvalue weighted by atomic mass is 31.2. The summed E-state index contributed by atoms with van der Waals surface area (Å²) in [5.41, 5.74) is 27.3. The van der Waals surface area contributed by atoms with E-state index in [4.69, 9.17) is 33.8 Å². The maximum atomic E-state index is 14.1. The molecule has 2 aromatic rings. The van der Waals surface area contributed by atoms with E-state index in [2.05, 4.69) is 46.4 Å². The van der Waals surface area contributed by atoms with Crippen molar-refractivity contribution >= 4 is 96.8 Å². The first-order valence-electron chi connectivity index (χ1n) is 26.2. The average molecular weight is 1280 g/mol. The number of nitrogens with one attached hydrogen (secondary N) is 8. The number of aromatic hydroxyl groups is 1. The summed E-state index contributed by atoms with van der Waals surface area (Å²) < 4.78 is 15.9. The Bertz CT molecular complexity index is 2980. The molecular weight excluding hydrogens is 1210 g/mol. The van der Waals surface area contributed by atoms with Crippen LogP contribution in [0.25, 0.3) is 0 Å². The number of phosphoric acid groups is 1. The number of aliphatic hydroxyl groups excluding tert-OH is 1. The van der Waals surface area contributed by atoms with Crippen molar-refractivity contribution in [1.29, 1.82) is 0 Å². The fourth-order valence-corrected chi connectivity index (χ4v) is 8.09. The highest BCUT2D eigenvalue weighted by Gasteiger charge is 2.37. The van der Waals surface area contributed by atoms with Crippen molar-refractivity contribution in [3.63, 3.8) is 0 Å². The van der Waals surface area contributed by atoms with Crippen molar-refractivity contribution in [3.8, 4) is 11.5 Å². The number of amides is 8. The van der Waals surface area contributed by atoms with Crippen LogP contribution in [0, 0.1) is 0 Å². The van der Waals surface area contributed by atoms with Crippen LogP contribution in [0.3, 0.4) is 0 Å². The normalized spacial score (nSPS) is 14.0. The third-order valence-electron chi connectivity index (χ3n) is 11.9. The lowest BCUT2D eigenvalue weighted by Gasteiger charge is -2.27. The summed E-state index contributed by atoms with van der Waals surface area (Å²) in [5, 5.41) is 85.3. The average Bonchev–Trinajstić information content (AvgIpc) is 2.49. The number of aliphatic hydroxyl groups is 1. The maximum Gasteiger partial charge on any atom is 0.524 e. The predicted molar refractivity (Wildman–Crippen MR) is 302 cm³/mol.